The monoisotopic (exact) mass is 312 g/mol. The fourth-order valence-corrected chi connectivity index (χ4v) is 3.86. The number of likely N-dealkylation sites (tertiary alicyclic amines) is 1. The molecule has 0 bridgehead atoms. The van der Waals surface area contributed by atoms with Crippen molar-refractivity contribution in [3.05, 3.63) is 24.3 Å². The molecule has 3 N–H and O–H groups in total. The number of nitrogens with zero attached hydrogens (tertiary/aromatic N) is 2. The van der Waals surface area contributed by atoms with Gasteiger partial charge in [0.25, 0.3) is 0 Å². The van der Waals surface area contributed by atoms with Gasteiger partial charge in [-0.3, -0.25) is 5.84 Å². The van der Waals surface area contributed by atoms with Crippen LogP contribution in [0.3, 0.4) is 0 Å². The third-order valence-electron chi connectivity index (χ3n) is 4.08. The van der Waals surface area contributed by atoms with E-state index in [1.807, 2.05) is 0 Å². The smallest absolute Gasteiger partial charge is 0.242 e. The summed E-state index contributed by atoms with van der Waals surface area (Å²) in [5.41, 5.74) is 3.18. The summed E-state index contributed by atoms with van der Waals surface area (Å²) in [4.78, 5) is 2.58. The maximum atomic E-state index is 12.5. The second-order valence-corrected chi connectivity index (χ2v) is 7.75. The Labute approximate surface area is 126 Å². The van der Waals surface area contributed by atoms with Crippen LogP contribution in [0.2, 0.25) is 0 Å². The number of piperidine rings is 1. The number of hydrazine groups is 1. The van der Waals surface area contributed by atoms with Crippen molar-refractivity contribution in [2.24, 2.45) is 11.8 Å². The molecule has 0 amide bonds. The summed E-state index contributed by atoms with van der Waals surface area (Å²) >= 11 is 0. The van der Waals surface area contributed by atoms with Crippen molar-refractivity contribution >= 4 is 15.7 Å². The highest BCUT2D eigenvalue weighted by Crippen LogP contribution is 2.21. The molecule has 2 rings (SSSR count). The molecule has 0 aromatic heterocycles. The topological polar surface area (TPSA) is 78.7 Å². The van der Waals surface area contributed by atoms with E-state index in [4.69, 9.17) is 5.84 Å². The Morgan fingerprint density at radius 3 is 2.38 bits per heavy atom. The molecule has 7 heteroatoms. The number of hydrogen-bond donors (Lipinski definition) is 2. The Morgan fingerprint density at radius 2 is 1.86 bits per heavy atom. The summed E-state index contributed by atoms with van der Waals surface area (Å²) in [6, 6.07) is 6.48. The molecule has 0 atom stereocenters. The van der Waals surface area contributed by atoms with Crippen LogP contribution < -0.4 is 11.3 Å². The number of nitrogens with two attached hydrogens (primary N) is 1. The highest BCUT2D eigenvalue weighted by molar-refractivity contribution is 7.89. The molecule has 1 heterocycles. The molecular weight excluding hydrogens is 288 g/mol. The standard InChI is InChI=1S/C14H24N4O2S/c1-17-9-7-12(8-10-17)11-18(2)21(19,20)14-5-3-13(16-15)4-6-14/h3-6,12,16H,7-11,15H2,1-2H3. The van der Waals surface area contributed by atoms with E-state index in [0.29, 0.717) is 23.0 Å². The van der Waals surface area contributed by atoms with Gasteiger partial charge in [0.2, 0.25) is 10.0 Å². The first-order valence-electron chi connectivity index (χ1n) is 7.15. The summed E-state index contributed by atoms with van der Waals surface area (Å²) in [6.45, 7) is 2.65. The van der Waals surface area contributed by atoms with Gasteiger partial charge in [0, 0.05) is 19.3 Å². The normalized spacial score (nSPS) is 18.1. The van der Waals surface area contributed by atoms with Crippen molar-refractivity contribution in [2.75, 3.05) is 39.2 Å². The van der Waals surface area contributed by atoms with Crippen molar-refractivity contribution in [2.45, 2.75) is 17.7 Å². The molecule has 0 radical (unpaired) electrons. The van der Waals surface area contributed by atoms with Gasteiger partial charge in [-0.15, -0.1) is 0 Å². The van der Waals surface area contributed by atoms with Gasteiger partial charge in [-0.05, 0) is 63.2 Å². The first-order chi connectivity index (χ1) is 9.93. The number of hydrogen-bond acceptors (Lipinski definition) is 5. The molecule has 1 aromatic carbocycles. The van der Waals surface area contributed by atoms with Crippen LogP contribution in [-0.2, 0) is 10.0 Å². The maximum Gasteiger partial charge on any atom is 0.242 e. The summed E-state index contributed by atoms with van der Waals surface area (Å²) < 4.78 is 26.5. The molecule has 1 saturated heterocycles. The largest absolute Gasteiger partial charge is 0.324 e. The van der Waals surface area contributed by atoms with Gasteiger partial charge in [-0.2, -0.15) is 0 Å². The first-order valence-corrected chi connectivity index (χ1v) is 8.59. The van der Waals surface area contributed by atoms with Crippen LogP contribution in [0.5, 0.6) is 0 Å². The van der Waals surface area contributed by atoms with Crippen molar-refractivity contribution in [1.82, 2.24) is 9.21 Å². The summed E-state index contributed by atoms with van der Waals surface area (Å²) in [6.07, 6.45) is 2.10. The number of sulfonamides is 1. The molecule has 6 nitrogen and oxygen atoms in total. The van der Waals surface area contributed by atoms with Crippen LogP contribution in [0, 0.1) is 5.92 Å². The molecule has 0 saturated carbocycles. The molecular formula is C14H24N4O2S. The minimum atomic E-state index is -3.43. The van der Waals surface area contributed by atoms with Crippen molar-refractivity contribution < 1.29 is 8.42 Å². The number of anilines is 1. The van der Waals surface area contributed by atoms with Crippen LogP contribution in [0.4, 0.5) is 5.69 Å². The fraction of sp³-hybridized carbons (Fsp3) is 0.571. The van der Waals surface area contributed by atoms with Crippen molar-refractivity contribution in [3.8, 4) is 0 Å². The lowest BCUT2D eigenvalue weighted by molar-refractivity contribution is 0.202. The molecule has 1 aliphatic heterocycles. The molecule has 0 unspecified atom stereocenters. The SMILES string of the molecule is CN1CCC(CN(C)S(=O)(=O)c2ccc(NN)cc2)CC1. The number of rotatable bonds is 5. The van der Waals surface area contributed by atoms with Gasteiger partial charge >= 0.3 is 0 Å². The highest BCUT2D eigenvalue weighted by Gasteiger charge is 2.25. The molecule has 0 spiro atoms. The van der Waals surface area contributed by atoms with Crippen LogP contribution in [0.25, 0.3) is 0 Å². The van der Waals surface area contributed by atoms with E-state index >= 15 is 0 Å². The van der Waals surface area contributed by atoms with E-state index < -0.39 is 10.0 Å². The Balaban J connectivity index is 2.03. The third-order valence-corrected chi connectivity index (χ3v) is 5.92. The van der Waals surface area contributed by atoms with Gasteiger partial charge in [-0.1, -0.05) is 0 Å². The molecule has 1 aromatic rings. The third kappa shape index (κ3) is 3.94. The van der Waals surface area contributed by atoms with Gasteiger partial charge in [0.15, 0.2) is 0 Å². The van der Waals surface area contributed by atoms with Crippen molar-refractivity contribution in [3.63, 3.8) is 0 Å². The Bertz CT molecular complexity index is 551. The van der Waals surface area contributed by atoms with E-state index in [9.17, 15) is 8.42 Å². The predicted molar refractivity (Wildman–Crippen MR) is 84.3 cm³/mol. The summed E-state index contributed by atoms with van der Waals surface area (Å²) in [5, 5.41) is 0. The number of nitrogen functional groups attached to an aromatic ring is 1. The summed E-state index contributed by atoms with van der Waals surface area (Å²) in [7, 11) is 0.331. The average molecular weight is 312 g/mol. The van der Waals surface area contributed by atoms with E-state index in [2.05, 4.69) is 17.4 Å². The molecule has 21 heavy (non-hydrogen) atoms. The Hall–Kier alpha value is -1.15. The first kappa shape index (κ1) is 16.2. The predicted octanol–water partition coefficient (Wildman–Crippen LogP) is 0.935. The molecule has 1 fully saturated rings. The lowest BCUT2D eigenvalue weighted by Crippen LogP contribution is -2.37. The lowest BCUT2D eigenvalue weighted by atomic mass is 9.97. The fourth-order valence-electron chi connectivity index (χ4n) is 2.61. The minimum Gasteiger partial charge on any atom is -0.324 e. The second kappa shape index (κ2) is 6.74. The van der Waals surface area contributed by atoms with Crippen molar-refractivity contribution in [1.29, 1.82) is 0 Å². The van der Waals surface area contributed by atoms with Gasteiger partial charge < -0.3 is 10.3 Å². The zero-order valence-electron chi connectivity index (χ0n) is 12.6. The van der Waals surface area contributed by atoms with Crippen LogP contribution in [0.15, 0.2) is 29.2 Å². The quantitative estimate of drug-likeness (QED) is 0.625. The molecule has 0 aliphatic carbocycles. The Morgan fingerprint density at radius 1 is 1.29 bits per heavy atom. The van der Waals surface area contributed by atoms with E-state index in [-0.39, 0.29) is 0 Å². The highest BCUT2D eigenvalue weighted by atomic mass is 32.2. The number of benzene rings is 1. The average Bonchev–Trinajstić information content (AvgIpc) is 2.49. The van der Waals surface area contributed by atoms with Gasteiger partial charge in [0.05, 0.1) is 4.90 Å². The van der Waals surface area contributed by atoms with E-state index in [1.165, 1.54) is 4.31 Å². The van der Waals surface area contributed by atoms with Crippen LogP contribution in [0.1, 0.15) is 12.8 Å². The van der Waals surface area contributed by atoms with E-state index in [1.54, 1.807) is 31.3 Å². The summed E-state index contributed by atoms with van der Waals surface area (Å²) in [5.74, 6) is 5.73. The van der Waals surface area contributed by atoms with Crippen LogP contribution >= 0.6 is 0 Å². The maximum absolute atomic E-state index is 12.5. The van der Waals surface area contributed by atoms with Crippen LogP contribution in [-0.4, -0.2) is 51.4 Å². The molecule has 1 aliphatic rings. The minimum absolute atomic E-state index is 0.303. The Kier molecular flexibility index (Phi) is 5.21. The molecule has 118 valence electrons. The second-order valence-electron chi connectivity index (χ2n) is 5.70. The lowest BCUT2D eigenvalue weighted by Gasteiger charge is -2.31. The van der Waals surface area contributed by atoms with Gasteiger partial charge in [-0.25, -0.2) is 12.7 Å². The van der Waals surface area contributed by atoms with Gasteiger partial charge in [0.1, 0.15) is 0 Å². The number of nitrogens with one attached hydrogen (secondary N) is 1. The van der Waals surface area contributed by atoms with E-state index in [0.717, 1.165) is 25.9 Å². The zero-order valence-corrected chi connectivity index (χ0v) is 13.4. The zero-order chi connectivity index (χ0) is 15.5.